The maximum atomic E-state index is 12.1. The van der Waals surface area contributed by atoms with E-state index >= 15 is 0 Å². The van der Waals surface area contributed by atoms with Crippen LogP contribution >= 0.6 is 0 Å². The van der Waals surface area contributed by atoms with Crippen molar-refractivity contribution in [2.75, 3.05) is 0 Å². The minimum atomic E-state index is -2.86. The van der Waals surface area contributed by atoms with Crippen LogP contribution in [0.3, 0.4) is 0 Å². The van der Waals surface area contributed by atoms with E-state index in [1.165, 1.54) is 75.6 Å². The number of ether oxygens (including phenoxy) is 2. The first-order valence-electron chi connectivity index (χ1n) is 9.82. The fourth-order valence-corrected chi connectivity index (χ4v) is 3.69. The van der Waals surface area contributed by atoms with Crippen LogP contribution in [0.25, 0.3) is 0 Å². The van der Waals surface area contributed by atoms with Crippen molar-refractivity contribution >= 4 is 5.97 Å². The third-order valence-corrected chi connectivity index (χ3v) is 5.22. The Morgan fingerprint density at radius 2 is 1.58 bits per heavy atom. The smallest absolute Gasteiger partial charge is 0.387 e. The summed E-state index contributed by atoms with van der Waals surface area (Å²) in [6.07, 6.45) is 11.6. The molecule has 0 bridgehead atoms. The Kier molecular flexibility index (Phi) is 8.86. The summed E-state index contributed by atoms with van der Waals surface area (Å²) in [6.45, 7) is -0.619. The third kappa shape index (κ3) is 7.71. The van der Waals surface area contributed by atoms with Crippen LogP contribution in [0.2, 0.25) is 0 Å². The van der Waals surface area contributed by atoms with Gasteiger partial charge < -0.3 is 9.47 Å². The molecular formula is C21H30F2O3. The zero-order valence-electron chi connectivity index (χ0n) is 15.6. The fraction of sp³-hybridized carbons (Fsp3) is 0.667. The summed E-state index contributed by atoms with van der Waals surface area (Å²) >= 11 is 0. The van der Waals surface area contributed by atoms with Gasteiger partial charge in [-0.15, -0.1) is 0 Å². The van der Waals surface area contributed by atoms with Gasteiger partial charge in [-0.1, -0.05) is 58.3 Å². The average Bonchev–Trinajstić information content (AvgIpc) is 2.62. The predicted octanol–water partition coefficient (Wildman–Crippen LogP) is 6.36. The summed E-state index contributed by atoms with van der Waals surface area (Å²) in [5.74, 6) is 1.63. The Bertz CT molecular complexity index is 523. The van der Waals surface area contributed by atoms with E-state index in [0.717, 1.165) is 12.3 Å². The van der Waals surface area contributed by atoms with Gasteiger partial charge in [0.1, 0.15) is 11.5 Å². The van der Waals surface area contributed by atoms with E-state index in [4.69, 9.17) is 4.74 Å². The van der Waals surface area contributed by atoms with Gasteiger partial charge in [0.15, 0.2) is 0 Å². The molecule has 0 unspecified atom stereocenters. The number of benzene rings is 1. The number of unbranched alkanes of at least 4 members (excludes halogenated alkanes) is 2. The summed E-state index contributed by atoms with van der Waals surface area (Å²) in [5, 5.41) is 0. The molecule has 0 aromatic heterocycles. The topological polar surface area (TPSA) is 35.5 Å². The van der Waals surface area contributed by atoms with E-state index in [1.54, 1.807) is 0 Å². The van der Waals surface area contributed by atoms with E-state index in [9.17, 15) is 13.6 Å². The van der Waals surface area contributed by atoms with E-state index in [2.05, 4.69) is 11.7 Å². The maximum absolute atomic E-state index is 12.1. The third-order valence-electron chi connectivity index (χ3n) is 5.22. The van der Waals surface area contributed by atoms with Crippen LogP contribution in [0.15, 0.2) is 24.3 Å². The van der Waals surface area contributed by atoms with Gasteiger partial charge in [0.05, 0.1) is 0 Å². The first-order valence-corrected chi connectivity index (χ1v) is 9.82. The molecule has 0 saturated heterocycles. The summed E-state index contributed by atoms with van der Waals surface area (Å²) in [4.78, 5) is 12.0. The number of alkyl halides is 2. The van der Waals surface area contributed by atoms with Crippen molar-refractivity contribution in [2.24, 2.45) is 11.8 Å². The Morgan fingerprint density at radius 3 is 2.15 bits per heavy atom. The molecule has 0 amide bonds. The molecule has 0 aliphatic heterocycles. The standard InChI is InChI=1S/C21H30F2O3/c1-2-3-4-5-16-6-8-17(9-7-16)10-15-20(24)25-18-11-13-19(14-12-18)26-21(22)23/h11-14,16-17,21H,2-10,15H2,1H3/t16-,17-. The van der Waals surface area contributed by atoms with E-state index in [0.29, 0.717) is 18.1 Å². The molecule has 26 heavy (non-hydrogen) atoms. The van der Waals surface area contributed by atoms with Crippen LogP contribution in [0.5, 0.6) is 11.5 Å². The molecule has 5 heteroatoms. The van der Waals surface area contributed by atoms with Crippen LogP contribution in [-0.2, 0) is 4.79 Å². The molecule has 0 N–H and O–H groups in total. The second-order valence-electron chi connectivity index (χ2n) is 7.25. The highest BCUT2D eigenvalue weighted by Crippen LogP contribution is 2.34. The van der Waals surface area contributed by atoms with Crippen molar-refractivity contribution in [3.05, 3.63) is 24.3 Å². The van der Waals surface area contributed by atoms with E-state index in [1.807, 2.05) is 0 Å². The minimum absolute atomic E-state index is 0.0514. The molecule has 1 aromatic carbocycles. The van der Waals surface area contributed by atoms with Crippen LogP contribution in [0, 0.1) is 11.8 Å². The Morgan fingerprint density at radius 1 is 1.00 bits per heavy atom. The Balaban J connectivity index is 1.63. The second-order valence-corrected chi connectivity index (χ2v) is 7.25. The molecule has 1 fully saturated rings. The van der Waals surface area contributed by atoms with Gasteiger partial charge in [-0.3, -0.25) is 4.79 Å². The molecule has 0 spiro atoms. The quantitative estimate of drug-likeness (QED) is 0.274. The number of esters is 1. The molecule has 0 radical (unpaired) electrons. The molecule has 1 saturated carbocycles. The first-order chi connectivity index (χ1) is 12.6. The van der Waals surface area contributed by atoms with Crippen LogP contribution < -0.4 is 9.47 Å². The van der Waals surface area contributed by atoms with Crippen LogP contribution in [0.1, 0.15) is 71.1 Å². The van der Waals surface area contributed by atoms with Gasteiger partial charge >= 0.3 is 12.6 Å². The maximum Gasteiger partial charge on any atom is 0.387 e. The normalized spacial score (nSPS) is 20.2. The Hall–Kier alpha value is -1.65. The highest BCUT2D eigenvalue weighted by molar-refractivity contribution is 5.72. The fourth-order valence-electron chi connectivity index (χ4n) is 3.69. The lowest BCUT2D eigenvalue weighted by atomic mass is 9.78. The summed E-state index contributed by atoms with van der Waals surface area (Å²) in [6, 6.07) is 5.68. The van der Waals surface area contributed by atoms with Crippen LogP contribution in [-0.4, -0.2) is 12.6 Å². The second kappa shape index (κ2) is 11.1. The number of rotatable bonds is 10. The number of carbonyl (C=O) groups excluding carboxylic acids is 1. The summed E-state index contributed by atoms with van der Waals surface area (Å²) < 4.78 is 33.7. The van der Waals surface area contributed by atoms with Crippen molar-refractivity contribution in [1.82, 2.24) is 0 Å². The van der Waals surface area contributed by atoms with E-state index < -0.39 is 6.61 Å². The lowest BCUT2D eigenvalue weighted by Crippen LogP contribution is -2.17. The minimum Gasteiger partial charge on any atom is -0.435 e. The molecule has 146 valence electrons. The molecule has 1 aliphatic carbocycles. The SMILES string of the molecule is CCCCC[C@H]1CC[C@H](CCC(=O)Oc2ccc(OC(F)F)cc2)CC1. The number of hydrogen-bond donors (Lipinski definition) is 0. The van der Waals surface area contributed by atoms with Gasteiger partial charge in [-0.05, 0) is 42.5 Å². The van der Waals surface area contributed by atoms with Crippen molar-refractivity contribution in [2.45, 2.75) is 77.7 Å². The molecular weight excluding hydrogens is 338 g/mol. The number of halogens is 2. The highest BCUT2D eigenvalue weighted by atomic mass is 19.3. The number of hydrogen-bond acceptors (Lipinski definition) is 3. The molecule has 1 aromatic rings. The van der Waals surface area contributed by atoms with E-state index in [-0.39, 0.29) is 11.7 Å². The van der Waals surface area contributed by atoms with Crippen molar-refractivity contribution in [3.63, 3.8) is 0 Å². The van der Waals surface area contributed by atoms with Gasteiger partial charge in [0.25, 0.3) is 0 Å². The molecule has 3 nitrogen and oxygen atoms in total. The lowest BCUT2D eigenvalue weighted by Gasteiger charge is -2.28. The zero-order valence-corrected chi connectivity index (χ0v) is 15.6. The van der Waals surface area contributed by atoms with Gasteiger partial charge in [0, 0.05) is 6.42 Å². The van der Waals surface area contributed by atoms with Crippen molar-refractivity contribution < 1.29 is 23.0 Å². The highest BCUT2D eigenvalue weighted by Gasteiger charge is 2.21. The molecule has 0 atom stereocenters. The average molecular weight is 368 g/mol. The lowest BCUT2D eigenvalue weighted by molar-refractivity contribution is -0.134. The summed E-state index contributed by atoms with van der Waals surface area (Å²) in [7, 11) is 0. The van der Waals surface area contributed by atoms with Gasteiger partial charge in [-0.2, -0.15) is 8.78 Å². The van der Waals surface area contributed by atoms with Crippen molar-refractivity contribution in [1.29, 1.82) is 0 Å². The predicted molar refractivity (Wildman–Crippen MR) is 97.5 cm³/mol. The van der Waals surface area contributed by atoms with Crippen molar-refractivity contribution in [3.8, 4) is 11.5 Å². The van der Waals surface area contributed by atoms with Crippen LogP contribution in [0.4, 0.5) is 8.78 Å². The largest absolute Gasteiger partial charge is 0.435 e. The monoisotopic (exact) mass is 368 g/mol. The molecule has 1 aliphatic rings. The number of carbonyl (C=O) groups is 1. The first kappa shape index (κ1) is 20.7. The molecule has 2 rings (SSSR count). The summed E-state index contributed by atoms with van der Waals surface area (Å²) in [5.41, 5.74) is 0. The zero-order chi connectivity index (χ0) is 18.8. The van der Waals surface area contributed by atoms with Gasteiger partial charge in [-0.25, -0.2) is 0 Å². The van der Waals surface area contributed by atoms with Gasteiger partial charge in [0.2, 0.25) is 0 Å². The Labute approximate surface area is 155 Å². The molecule has 0 heterocycles.